The van der Waals surface area contributed by atoms with Crippen molar-refractivity contribution in [2.24, 2.45) is 0 Å². The molecule has 1 aliphatic rings. The molecule has 1 atom stereocenters. The zero-order valence-electron chi connectivity index (χ0n) is 18.4. The standard InChI is InChI=1S/C24H48N2/c1-4-6-8-10-11-12-13-14-15-16-17-19-21-26-23-22-25(24(26)3)20-18-9-7-5-2/h22-24H,4-21H2,1-3H3. The van der Waals surface area contributed by atoms with Crippen molar-refractivity contribution in [1.29, 1.82) is 0 Å². The molecule has 0 N–H and O–H groups in total. The first-order valence-corrected chi connectivity index (χ1v) is 12.0. The van der Waals surface area contributed by atoms with E-state index in [1.165, 1.54) is 116 Å². The molecule has 0 saturated carbocycles. The molecule has 2 heteroatoms. The van der Waals surface area contributed by atoms with Crippen molar-refractivity contribution >= 4 is 0 Å². The van der Waals surface area contributed by atoms with E-state index in [2.05, 4.69) is 43.0 Å². The Labute approximate surface area is 165 Å². The molecule has 0 saturated heterocycles. The van der Waals surface area contributed by atoms with E-state index in [9.17, 15) is 0 Å². The molecule has 0 spiro atoms. The molecule has 0 aliphatic carbocycles. The van der Waals surface area contributed by atoms with E-state index in [0.717, 1.165) is 0 Å². The maximum absolute atomic E-state index is 2.54. The highest BCUT2D eigenvalue weighted by molar-refractivity contribution is 4.95. The quantitative estimate of drug-likeness (QED) is 0.230. The predicted molar refractivity (Wildman–Crippen MR) is 117 cm³/mol. The van der Waals surface area contributed by atoms with E-state index in [4.69, 9.17) is 0 Å². The van der Waals surface area contributed by atoms with Crippen molar-refractivity contribution in [1.82, 2.24) is 9.80 Å². The predicted octanol–water partition coefficient (Wildman–Crippen LogP) is 7.70. The van der Waals surface area contributed by atoms with Crippen LogP contribution < -0.4 is 0 Å². The van der Waals surface area contributed by atoms with Crippen LogP contribution in [0.3, 0.4) is 0 Å². The van der Waals surface area contributed by atoms with Gasteiger partial charge in [-0.25, -0.2) is 0 Å². The molecule has 2 nitrogen and oxygen atoms in total. The van der Waals surface area contributed by atoms with Crippen LogP contribution in [0.15, 0.2) is 12.4 Å². The Bertz CT molecular complexity index is 326. The van der Waals surface area contributed by atoms with Gasteiger partial charge in [0.25, 0.3) is 0 Å². The Morgan fingerprint density at radius 1 is 0.500 bits per heavy atom. The highest BCUT2D eigenvalue weighted by Crippen LogP contribution is 2.18. The van der Waals surface area contributed by atoms with E-state index >= 15 is 0 Å². The maximum atomic E-state index is 2.54. The van der Waals surface area contributed by atoms with Crippen molar-refractivity contribution in [3.63, 3.8) is 0 Å². The van der Waals surface area contributed by atoms with E-state index in [1.807, 2.05) is 0 Å². The average molecular weight is 365 g/mol. The Hall–Kier alpha value is -0.660. The molecule has 1 rings (SSSR count). The van der Waals surface area contributed by atoms with E-state index in [0.29, 0.717) is 6.17 Å². The summed E-state index contributed by atoms with van der Waals surface area (Å²) in [6.45, 7) is 9.41. The monoisotopic (exact) mass is 364 g/mol. The molecule has 0 aromatic heterocycles. The molecule has 0 aromatic rings. The number of hydrogen-bond acceptors (Lipinski definition) is 2. The summed E-state index contributed by atoms with van der Waals surface area (Å²) in [4.78, 5) is 5.06. The topological polar surface area (TPSA) is 6.48 Å². The highest BCUT2D eigenvalue weighted by atomic mass is 15.4. The zero-order chi connectivity index (χ0) is 18.9. The lowest BCUT2D eigenvalue weighted by atomic mass is 10.1. The van der Waals surface area contributed by atoms with Crippen LogP contribution in [-0.2, 0) is 0 Å². The van der Waals surface area contributed by atoms with Crippen molar-refractivity contribution < 1.29 is 0 Å². The summed E-state index contributed by atoms with van der Waals surface area (Å²) in [5.74, 6) is 0. The lowest BCUT2D eigenvalue weighted by Gasteiger charge is -2.29. The third-order valence-corrected chi connectivity index (χ3v) is 5.95. The largest absolute Gasteiger partial charge is 0.356 e. The second kappa shape index (κ2) is 16.5. The summed E-state index contributed by atoms with van der Waals surface area (Å²) in [5, 5.41) is 0. The Kier molecular flexibility index (Phi) is 14.8. The van der Waals surface area contributed by atoms with Crippen molar-refractivity contribution in [2.75, 3.05) is 13.1 Å². The fourth-order valence-electron chi connectivity index (χ4n) is 3.99. The second-order valence-electron chi connectivity index (χ2n) is 8.36. The smallest absolute Gasteiger partial charge is 0.0977 e. The highest BCUT2D eigenvalue weighted by Gasteiger charge is 2.20. The number of unbranched alkanes of at least 4 members (excludes halogenated alkanes) is 14. The van der Waals surface area contributed by atoms with Gasteiger partial charge in [0.15, 0.2) is 0 Å². The lowest BCUT2D eigenvalue weighted by Crippen LogP contribution is -2.36. The van der Waals surface area contributed by atoms with Crippen LogP contribution in [0, 0.1) is 0 Å². The first-order valence-electron chi connectivity index (χ1n) is 12.0. The van der Waals surface area contributed by atoms with Gasteiger partial charge in [0, 0.05) is 25.5 Å². The SMILES string of the molecule is CCCCCCCCCCCCCCN1C=CN(CCCCCC)C1C. The van der Waals surface area contributed by atoms with Crippen LogP contribution in [0.25, 0.3) is 0 Å². The normalized spacial score (nSPS) is 16.8. The fourth-order valence-corrected chi connectivity index (χ4v) is 3.99. The van der Waals surface area contributed by atoms with E-state index in [-0.39, 0.29) is 0 Å². The molecule has 26 heavy (non-hydrogen) atoms. The summed E-state index contributed by atoms with van der Waals surface area (Å²) < 4.78 is 0. The van der Waals surface area contributed by atoms with Gasteiger partial charge in [-0.2, -0.15) is 0 Å². The Balaban J connectivity index is 1.88. The third-order valence-electron chi connectivity index (χ3n) is 5.95. The fraction of sp³-hybridized carbons (Fsp3) is 0.917. The van der Waals surface area contributed by atoms with Gasteiger partial charge in [0.05, 0.1) is 6.17 Å². The molecule has 1 unspecified atom stereocenters. The Morgan fingerprint density at radius 3 is 1.19 bits per heavy atom. The van der Waals surface area contributed by atoms with Crippen molar-refractivity contribution in [3.8, 4) is 0 Å². The van der Waals surface area contributed by atoms with Gasteiger partial charge in [-0.1, -0.05) is 104 Å². The third kappa shape index (κ3) is 11.1. The van der Waals surface area contributed by atoms with Crippen LogP contribution in [-0.4, -0.2) is 29.1 Å². The summed E-state index contributed by atoms with van der Waals surface area (Å²) in [6.07, 6.45) is 27.9. The van der Waals surface area contributed by atoms with Crippen LogP contribution in [0.2, 0.25) is 0 Å². The van der Waals surface area contributed by atoms with Crippen LogP contribution in [0.1, 0.15) is 124 Å². The minimum absolute atomic E-state index is 0.573. The number of rotatable bonds is 18. The van der Waals surface area contributed by atoms with Crippen LogP contribution in [0.4, 0.5) is 0 Å². The summed E-state index contributed by atoms with van der Waals surface area (Å²) in [6, 6.07) is 0. The molecular weight excluding hydrogens is 316 g/mol. The van der Waals surface area contributed by atoms with Gasteiger partial charge in [0.2, 0.25) is 0 Å². The van der Waals surface area contributed by atoms with Gasteiger partial charge >= 0.3 is 0 Å². The molecule has 0 bridgehead atoms. The molecule has 154 valence electrons. The molecule has 0 radical (unpaired) electrons. The first-order chi connectivity index (χ1) is 12.8. The van der Waals surface area contributed by atoms with E-state index in [1.54, 1.807) is 0 Å². The molecular formula is C24H48N2. The molecule has 0 amide bonds. The van der Waals surface area contributed by atoms with Crippen LogP contribution in [0.5, 0.6) is 0 Å². The second-order valence-corrected chi connectivity index (χ2v) is 8.36. The molecule has 1 heterocycles. The Morgan fingerprint density at radius 2 is 0.808 bits per heavy atom. The summed E-state index contributed by atoms with van der Waals surface area (Å²) in [5.41, 5.74) is 0. The van der Waals surface area contributed by atoms with Crippen molar-refractivity contribution in [3.05, 3.63) is 12.4 Å². The maximum Gasteiger partial charge on any atom is 0.0977 e. The lowest BCUT2D eigenvalue weighted by molar-refractivity contribution is 0.165. The van der Waals surface area contributed by atoms with Crippen LogP contribution >= 0.6 is 0 Å². The number of nitrogens with zero attached hydrogens (tertiary/aromatic N) is 2. The molecule has 0 aromatic carbocycles. The van der Waals surface area contributed by atoms with Gasteiger partial charge in [0.1, 0.15) is 0 Å². The van der Waals surface area contributed by atoms with Gasteiger partial charge in [-0.3, -0.25) is 0 Å². The van der Waals surface area contributed by atoms with Gasteiger partial charge in [-0.05, 0) is 19.8 Å². The zero-order valence-corrected chi connectivity index (χ0v) is 18.4. The minimum Gasteiger partial charge on any atom is -0.356 e. The number of hydrogen-bond donors (Lipinski definition) is 0. The molecule has 1 aliphatic heterocycles. The summed E-state index contributed by atoms with van der Waals surface area (Å²) in [7, 11) is 0. The average Bonchev–Trinajstić information content (AvgIpc) is 3.00. The minimum atomic E-state index is 0.573. The first kappa shape index (κ1) is 23.4. The van der Waals surface area contributed by atoms with Gasteiger partial charge in [-0.15, -0.1) is 0 Å². The van der Waals surface area contributed by atoms with E-state index < -0.39 is 0 Å². The van der Waals surface area contributed by atoms with Gasteiger partial charge < -0.3 is 9.80 Å². The summed E-state index contributed by atoms with van der Waals surface area (Å²) >= 11 is 0. The van der Waals surface area contributed by atoms with Crippen molar-refractivity contribution in [2.45, 2.75) is 130 Å². The molecule has 0 fully saturated rings.